The van der Waals surface area contributed by atoms with Crippen LogP contribution in [0.2, 0.25) is 0 Å². The van der Waals surface area contributed by atoms with Gasteiger partial charge in [0.2, 0.25) is 0 Å². The molecule has 0 radical (unpaired) electrons. The summed E-state index contributed by atoms with van der Waals surface area (Å²) >= 11 is 0. The van der Waals surface area contributed by atoms with E-state index in [4.69, 9.17) is 9.47 Å². The first-order chi connectivity index (χ1) is 11.1. The second kappa shape index (κ2) is 7.31. The molecule has 0 bridgehead atoms. The van der Waals surface area contributed by atoms with E-state index in [-0.39, 0.29) is 5.91 Å². The average molecular weight is 314 g/mol. The fraction of sp³-hybridized carbons (Fsp3) is 0.176. The number of benzene rings is 2. The van der Waals surface area contributed by atoms with Crippen molar-refractivity contribution in [3.8, 4) is 11.5 Å². The van der Waals surface area contributed by atoms with E-state index >= 15 is 0 Å². The topological polar surface area (TPSA) is 76.7 Å². The van der Waals surface area contributed by atoms with Gasteiger partial charge in [0, 0.05) is 11.1 Å². The first-order valence-electron chi connectivity index (χ1n) is 6.95. The number of carbonyl (C=O) groups is 2. The Hall–Kier alpha value is -3.02. The Morgan fingerprint density at radius 3 is 2.17 bits per heavy atom. The van der Waals surface area contributed by atoms with E-state index in [1.54, 1.807) is 24.3 Å². The highest BCUT2D eigenvalue weighted by Crippen LogP contribution is 2.27. The lowest BCUT2D eigenvalue weighted by Crippen LogP contribution is -2.41. The molecule has 0 heterocycles. The number of amides is 2. The molecule has 6 heteroatoms. The fourth-order valence-electron chi connectivity index (χ4n) is 2.06. The summed E-state index contributed by atoms with van der Waals surface area (Å²) in [7, 11) is 3.00. The molecule has 120 valence electrons. The smallest absolute Gasteiger partial charge is 0.269 e. The molecule has 2 amide bonds. The second-order valence-electron chi connectivity index (χ2n) is 4.79. The minimum atomic E-state index is -0.451. The van der Waals surface area contributed by atoms with Crippen molar-refractivity contribution in [2.45, 2.75) is 6.92 Å². The Morgan fingerprint density at radius 2 is 1.52 bits per heavy atom. The summed E-state index contributed by atoms with van der Waals surface area (Å²) in [6, 6.07) is 11.9. The number of methoxy groups -OCH3 is 2. The molecular weight excluding hydrogens is 296 g/mol. The van der Waals surface area contributed by atoms with E-state index in [0.29, 0.717) is 22.6 Å². The van der Waals surface area contributed by atoms with Crippen molar-refractivity contribution >= 4 is 11.8 Å². The lowest BCUT2D eigenvalue weighted by atomic mass is 10.1. The molecule has 6 nitrogen and oxygen atoms in total. The number of rotatable bonds is 4. The zero-order chi connectivity index (χ0) is 16.8. The highest BCUT2D eigenvalue weighted by atomic mass is 16.5. The molecule has 0 aromatic heterocycles. The predicted molar refractivity (Wildman–Crippen MR) is 85.7 cm³/mol. The maximum absolute atomic E-state index is 12.1. The number of nitrogens with one attached hydrogen (secondary N) is 2. The lowest BCUT2D eigenvalue weighted by Gasteiger charge is -2.11. The van der Waals surface area contributed by atoms with Crippen LogP contribution in [0.3, 0.4) is 0 Å². The Kier molecular flexibility index (Phi) is 5.19. The number of hydrazine groups is 1. The number of hydrogen-bond donors (Lipinski definition) is 2. The Balaban J connectivity index is 2.05. The SMILES string of the molecule is COc1ccc(C(=O)NNC(=O)c2ccccc2C)cc1OC. The van der Waals surface area contributed by atoms with E-state index in [9.17, 15) is 9.59 Å². The molecule has 0 aliphatic carbocycles. The van der Waals surface area contributed by atoms with Crippen LogP contribution >= 0.6 is 0 Å². The van der Waals surface area contributed by atoms with Crippen LogP contribution < -0.4 is 20.3 Å². The Bertz CT molecular complexity index is 728. The molecule has 2 aromatic carbocycles. The van der Waals surface area contributed by atoms with Gasteiger partial charge in [-0.05, 0) is 36.8 Å². The summed E-state index contributed by atoms with van der Waals surface area (Å²) in [5.74, 6) is 0.128. The number of ether oxygens (including phenoxy) is 2. The van der Waals surface area contributed by atoms with Gasteiger partial charge in [-0.2, -0.15) is 0 Å². The van der Waals surface area contributed by atoms with Crippen LogP contribution in [0.5, 0.6) is 11.5 Å². The van der Waals surface area contributed by atoms with Crippen molar-refractivity contribution < 1.29 is 19.1 Å². The van der Waals surface area contributed by atoms with Gasteiger partial charge in [-0.25, -0.2) is 0 Å². The first-order valence-corrected chi connectivity index (χ1v) is 6.95. The number of hydrogen-bond acceptors (Lipinski definition) is 4. The van der Waals surface area contributed by atoms with E-state index in [0.717, 1.165) is 5.56 Å². The van der Waals surface area contributed by atoms with Crippen molar-refractivity contribution in [3.05, 3.63) is 59.2 Å². The van der Waals surface area contributed by atoms with Gasteiger partial charge >= 0.3 is 0 Å². The molecule has 2 aromatic rings. The summed E-state index contributed by atoms with van der Waals surface area (Å²) in [5.41, 5.74) is 6.44. The third-order valence-electron chi connectivity index (χ3n) is 3.32. The molecule has 0 aliphatic heterocycles. The molecular formula is C17H18N2O4. The van der Waals surface area contributed by atoms with Crippen LogP contribution in [0.15, 0.2) is 42.5 Å². The van der Waals surface area contributed by atoms with E-state index in [2.05, 4.69) is 10.9 Å². The summed E-state index contributed by atoms with van der Waals surface area (Å²) in [4.78, 5) is 24.2. The van der Waals surface area contributed by atoms with E-state index in [1.807, 2.05) is 19.1 Å². The molecule has 0 aliphatic rings. The largest absolute Gasteiger partial charge is 0.493 e. The summed E-state index contributed by atoms with van der Waals surface area (Å²) in [6.07, 6.45) is 0. The van der Waals surface area contributed by atoms with Crippen LogP contribution in [0.1, 0.15) is 26.3 Å². The Morgan fingerprint density at radius 1 is 0.870 bits per heavy atom. The zero-order valence-corrected chi connectivity index (χ0v) is 13.2. The van der Waals surface area contributed by atoms with Gasteiger partial charge in [-0.1, -0.05) is 18.2 Å². The third-order valence-corrected chi connectivity index (χ3v) is 3.32. The molecule has 2 N–H and O–H groups in total. The summed E-state index contributed by atoms with van der Waals surface area (Å²) in [6.45, 7) is 1.82. The fourth-order valence-corrected chi connectivity index (χ4v) is 2.06. The quantitative estimate of drug-likeness (QED) is 0.847. The van der Waals surface area contributed by atoms with Gasteiger partial charge < -0.3 is 9.47 Å². The predicted octanol–water partition coefficient (Wildman–Crippen LogP) is 2.09. The van der Waals surface area contributed by atoms with Crippen LogP contribution in [0.4, 0.5) is 0 Å². The van der Waals surface area contributed by atoms with Crippen LogP contribution in [-0.4, -0.2) is 26.0 Å². The monoisotopic (exact) mass is 314 g/mol. The molecule has 23 heavy (non-hydrogen) atoms. The minimum Gasteiger partial charge on any atom is -0.493 e. The van der Waals surface area contributed by atoms with Crippen molar-refractivity contribution in [2.24, 2.45) is 0 Å². The number of aryl methyl sites for hydroxylation is 1. The van der Waals surface area contributed by atoms with Crippen LogP contribution in [0.25, 0.3) is 0 Å². The maximum atomic E-state index is 12.1. The molecule has 0 unspecified atom stereocenters. The van der Waals surface area contributed by atoms with Gasteiger partial charge in [0.05, 0.1) is 14.2 Å². The van der Waals surface area contributed by atoms with Crippen molar-refractivity contribution in [1.29, 1.82) is 0 Å². The maximum Gasteiger partial charge on any atom is 0.269 e. The van der Waals surface area contributed by atoms with Crippen molar-refractivity contribution in [2.75, 3.05) is 14.2 Å². The van der Waals surface area contributed by atoms with E-state index in [1.165, 1.54) is 20.3 Å². The van der Waals surface area contributed by atoms with Crippen molar-refractivity contribution in [1.82, 2.24) is 10.9 Å². The molecule has 0 saturated carbocycles. The zero-order valence-electron chi connectivity index (χ0n) is 13.2. The van der Waals surface area contributed by atoms with Gasteiger partial charge in [-0.15, -0.1) is 0 Å². The third kappa shape index (κ3) is 3.79. The molecule has 0 atom stereocenters. The van der Waals surface area contributed by atoms with Gasteiger partial charge in [0.15, 0.2) is 11.5 Å². The standard InChI is InChI=1S/C17H18N2O4/c1-11-6-4-5-7-13(11)17(21)19-18-16(20)12-8-9-14(22-2)15(10-12)23-3/h4-10H,1-3H3,(H,18,20)(H,19,21). The molecule has 0 fully saturated rings. The molecule has 0 saturated heterocycles. The molecule has 0 spiro atoms. The summed E-state index contributed by atoms with van der Waals surface area (Å²) in [5, 5.41) is 0. The van der Waals surface area contributed by atoms with Gasteiger partial charge in [0.25, 0.3) is 11.8 Å². The van der Waals surface area contributed by atoms with Crippen LogP contribution in [0, 0.1) is 6.92 Å². The highest BCUT2D eigenvalue weighted by Gasteiger charge is 2.13. The summed E-state index contributed by atoms with van der Waals surface area (Å²) < 4.78 is 10.3. The second-order valence-corrected chi connectivity index (χ2v) is 4.79. The van der Waals surface area contributed by atoms with E-state index < -0.39 is 5.91 Å². The first kappa shape index (κ1) is 16.4. The lowest BCUT2D eigenvalue weighted by molar-refractivity contribution is 0.0846. The number of carbonyl (C=O) groups excluding carboxylic acids is 2. The normalized spacial score (nSPS) is 9.87. The minimum absolute atomic E-state index is 0.340. The molecule has 2 rings (SSSR count). The van der Waals surface area contributed by atoms with Gasteiger partial charge in [-0.3, -0.25) is 20.4 Å². The average Bonchev–Trinajstić information content (AvgIpc) is 2.59. The van der Waals surface area contributed by atoms with Crippen LogP contribution in [-0.2, 0) is 0 Å². The Labute approximate surface area is 134 Å². The highest BCUT2D eigenvalue weighted by molar-refractivity contribution is 6.00. The van der Waals surface area contributed by atoms with Crippen molar-refractivity contribution in [3.63, 3.8) is 0 Å². The van der Waals surface area contributed by atoms with Gasteiger partial charge in [0.1, 0.15) is 0 Å².